The normalized spacial score (nSPS) is 10.4. The molecule has 0 amide bonds. The third-order valence-corrected chi connectivity index (χ3v) is 3.60. The van der Waals surface area contributed by atoms with Crippen LogP contribution in [-0.4, -0.2) is 33.3 Å². The molecule has 0 saturated carbocycles. The van der Waals surface area contributed by atoms with Crippen LogP contribution in [0.25, 0.3) is 6.08 Å². The lowest BCUT2D eigenvalue weighted by molar-refractivity contribution is -0.138. The minimum atomic E-state index is -0.486. The minimum absolute atomic E-state index is 0.102. The lowest BCUT2D eigenvalue weighted by Crippen LogP contribution is -2.03. The first-order valence-corrected chi connectivity index (χ1v) is 7.81. The third-order valence-electron chi connectivity index (χ3n) is 3.60. The number of hydrogen-bond acceptors (Lipinski definition) is 6. The van der Waals surface area contributed by atoms with E-state index in [1.807, 2.05) is 0 Å². The number of hydrogen-bond donors (Lipinski definition) is 0. The smallest absolute Gasteiger partial charge is 0.337 e. The predicted molar refractivity (Wildman–Crippen MR) is 96.2 cm³/mol. The van der Waals surface area contributed by atoms with Gasteiger partial charge in [-0.05, 0) is 35.9 Å². The van der Waals surface area contributed by atoms with Crippen LogP contribution in [0.3, 0.4) is 0 Å². The molecule has 2 aromatic rings. The summed E-state index contributed by atoms with van der Waals surface area (Å²) in [6.07, 6.45) is 2.94. The highest BCUT2D eigenvalue weighted by Crippen LogP contribution is 2.25. The van der Waals surface area contributed by atoms with Crippen LogP contribution in [-0.2, 0) is 20.9 Å². The summed E-state index contributed by atoms with van der Waals surface area (Å²) in [5.41, 5.74) is 1.93. The molecule has 0 aromatic heterocycles. The molecule has 0 N–H and O–H groups in total. The molecule has 0 saturated heterocycles. The molecule has 6 nitrogen and oxygen atoms in total. The highest BCUT2D eigenvalue weighted by Gasteiger charge is 2.06. The first-order chi connectivity index (χ1) is 12.6. The quantitative estimate of drug-likeness (QED) is 0.560. The van der Waals surface area contributed by atoms with Crippen LogP contribution in [0.5, 0.6) is 11.5 Å². The fourth-order valence-corrected chi connectivity index (χ4v) is 2.17. The largest absolute Gasteiger partial charge is 0.497 e. The van der Waals surface area contributed by atoms with Crippen molar-refractivity contribution in [2.24, 2.45) is 0 Å². The summed E-state index contributed by atoms with van der Waals surface area (Å²) < 4.78 is 20.2. The zero-order chi connectivity index (χ0) is 18.9. The lowest BCUT2D eigenvalue weighted by Gasteiger charge is -2.07. The van der Waals surface area contributed by atoms with E-state index in [1.165, 1.54) is 13.2 Å². The van der Waals surface area contributed by atoms with Crippen LogP contribution < -0.4 is 9.47 Å². The van der Waals surface area contributed by atoms with Crippen molar-refractivity contribution >= 4 is 18.0 Å². The first kappa shape index (κ1) is 19.1. The van der Waals surface area contributed by atoms with Gasteiger partial charge in [0.2, 0.25) is 0 Å². The Morgan fingerprint density at radius 1 is 0.962 bits per heavy atom. The fourth-order valence-electron chi connectivity index (χ4n) is 2.17. The van der Waals surface area contributed by atoms with Crippen LogP contribution in [0.2, 0.25) is 0 Å². The number of ether oxygens (including phenoxy) is 4. The molecular formula is C20H20O6. The van der Waals surface area contributed by atoms with E-state index in [-0.39, 0.29) is 6.61 Å². The van der Waals surface area contributed by atoms with Gasteiger partial charge in [0.1, 0.15) is 18.1 Å². The highest BCUT2D eigenvalue weighted by atomic mass is 16.5. The molecule has 0 aliphatic rings. The average molecular weight is 356 g/mol. The van der Waals surface area contributed by atoms with Crippen LogP contribution in [0.15, 0.2) is 48.5 Å². The Morgan fingerprint density at radius 2 is 1.69 bits per heavy atom. The number of rotatable bonds is 7. The maximum Gasteiger partial charge on any atom is 0.337 e. The Hall–Kier alpha value is -3.28. The highest BCUT2D eigenvalue weighted by molar-refractivity contribution is 5.89. The van der Waals surface area contributed by atoms with E-state index in [1.54, 1.807) is 62.8 Å². The minimum Gasteiger partial charge on any atom is -0.497 e. The van der Waals surface area contributed by atoms with Crippen molar-refractivity contribution in [1.29, 1.82) is 0 Å². The monoisotopic (exact) mass is 356 g/mol. The van der Waals surface area contributed by atoms with Crippen molar-refractivity contribution in [3.63, 3.8) is 0 Å². The van der Waals surface area contributed by atoms with Crippen molar-refractivity contribution in [1.82, 2.24) is 0 Å². The molecule has 26 heavy (non-hydrogen) atoms. The van der Waals surface area contributed by atoms with Crippen molar-refractivity contribution in [3.8, 4) is 11.5 Å². The van der Waals surface area contributed by atoms with E-state index in [0.717, 1.165) is 11.1 Å². The Balaban J connectivity index is 1.94. The van der Waals surface area contributed by atoms with Crippen LogP contribution in [0.1, 0.15) is 21.5 Å². The summed E-state index contributed by atoms with van der Waals surface area (Å²) in [7, 11) is 4.43. The van der Waals surface area contributed by atoms with Crippen molar-refractivity contribution in [3.05, 3.63) is 65.2 Å². The van der Waals surface area contributed by atoms with E-state index in [4.69, 9.17) is 14.2 Å². The number of benzene rings is 2. The summed E-state index contributed by atoms with van der Waals surface area (Å²) in [5.74, 6) is 0.355. The second-order valence-corrected chi connectivity index (χ2v) is 5.24. The standard InChI is InChI=1S/C20H20O6/c1-23-17-10-8-15(18(12-17)24-2)9-11-19(21)26-13-14-4-6-16(7-5-14)20(22)25-3/h4-12H,13H2,1-3H3/b11-9+. The summed E-state index contributed by atoms with van der Waals surface area (Å²) in [5, 5.41) is 0. The molecule has 6 heteroatoms. The summed E-state index contributed by atoms with van der Waals surface area (Å²) in [6, 6.07) is 11.9. The number of esters is 2. The molecule has 0 aliphatic carbocycles. The van der Waals surface area contributed by atoms with Gasteiger partial charge in [-0.2, -0.15) is 0 Å². The molecule has 0 heterocycles. The molecule has 0 aliphatic heterocycles. The molecule has 136 valence electrons. The van der Waals surface area contributed by atoms with E-state index in [9.17, 15) is 9.59 Å². The van der Waals surface area contributed by atoms with Crippen LogP contribution >= 0.6 is 0 Å². The SMILES string of the molecule is COC(=O)c1ccc(COC(=O)/C=C/c2ccc(OC)cc2OC)cc1. The summed E-state index contributed by atoms with van der Waals surface area (Å²) in [4.78, 5) is 23.3. The second-order valence-electron chi connectivity index (χ2n) is 5.24. The van der Waals surface area contributed by atoms with Crippen molar-refractivity contribution < 1.29 is 28.5 Å². The van der Waals surface area contributed by atoms with Gasteiger partial charge in [0, 0.05) is 17.7 Å². The van der Waals surface area contributed by atoms with E-state index < -0.39 is 11.9 Å². The topological polar surface area (TPSA) is 71.1 Å². The molecule has 0 radical (unpaired) electrons. The molecule has 0 bridgehead atoms. The van der Waals surface area contributed by atoms with Gasteiger partial charge in [-0.15, -0.1) is 0 Å². The predicted octanol–water partition coefficient (Wildman–Crippen LogP) is 3.25. The number of carbonyl (C=O) groups excluding carboxylic acids is 2. The van der Waals surface area contributed by atoms with Gasteiger partial charge < -0.3 is 18.9 Å². The molecule has 0 unspecified atom stereocenters. The molecule has 2 aromatic carbocycles. The Bertz CT molecular complexity index is 792. The second kappa shape index (κ2) is 9.27. The summed E-state index contributed by atoms with van der Waals surface area (Å²) >= 11 is 0. The molecule has 0 atom stereocenters. The van der Waals surface area contributed by atoms with E-state index >= 15 is 0 Å². The van der Waals surface area contributed by atoms with Crippen LogP contribution in [0.4, 0.5) is 0 Å². The lowest BCUT2D eigenvalue weighted by atomic mass is 10.1. The van der Waals surface area contributed by atoms with Gasteiger partial charge in [0.05, 0.1) is 26.9 Å². The Labute approximate surface area is 151 Å². The van der Waals surface area contributed by atoms with E-state index in [0.29, 0.717) is 17.1 Å². The van der Waals surface area contributed by atoms with Gasteiger partial charge >= 0.3 is 11.9 Å². The van der Waals surface area contributed by atoms with Gasteiger partial charge in [-0.1, -0.05) is 12.1 Å². The Kier molecular flexibility index (Phi) is 6.79. The van der Waals surface area contributed by atoms with Crippen LogP contribution in [0, 0.1) is 0 Å². The fraction of sp³-hybridized carbons (Fsp3) is 0.200. The van der Waals surface area contributed by atoms with Gasteiger partial charge in [0.25, 0.3) is 0 Å². The molecule has 2 rings (SSSR count). The molecule has 0 fully saturated rings. The Morgan fingerprint density at radius 3 is 2.31 bits per heavy atom. The zero-order valence-electron chi connectivity index (χ0n) is 14.9. The maximum atomic E-state index is 11.9. The van der Waals surface area contributed by atoms with Gasteiger partial charge in [0.15, 0.2) is 0 Å². The van der Waals surface area contributed by atoms with Gasteiger partial charge in [-0.25, -0.2) is 9.59 Å². The van der Waals surface area contributed by atoms with E-state index in [2.05, 4.69) is 4.74 Å². The molecule has 0 spiro atoms. The number of methoxy groups -OCH3 is 3. The summed E-state index contributed by atoms with van der Waals surface area (Å²) in [6.45, 7) is 0.102. The zero-order valence-corrected chi connectivity index (χ0v) is 14.9. The maximum absolute atomic E-state index is 11.9. The first-order valence-electron chi connectivity index (χ1n) is 7.81. The van der Waals surface area contributed by atoms with Crippen molar-refractivity contribution in [2.75, 3.05) is 21.3 Å². The van der Waals surface area contributed by atoms with Crippen molar-refractivity contribution in [2.45, 2.75) is 6.61 Å². The van der Waals surface area contributed by atoms with Gasteiger partial charge in [-0.3, -0.25) is 0 Å². The number of carbonyl (C=O) groups is 2. The third kappa shape index (κ3) is 5.11. The molecular weight excluding hydrogens is 336 g/mol. The average Bonchev–Trinajstić information content (AvgIpc) is 2.70.